The number of anilines is 1. The van der Waals surface area contributed by atoms with Crippen LogP contribution >= 0.6 is 11.3 Å². The molecule has 3 rings (SSSR count). The van der Waals surface area contributed by atoms with Crippen LogP contribution in [0.1, 0.15) is 9.67 Å². The van der Waals surface area contributed by atoms with Gasteiger partial charge in [-0.2, -0.15) is 0 Å². The first kappa shape index (κ1) is 18.7. The van der Waals surface area contributed by atoms with Crippen molar-refractivity contribution in [2.75, 3.05) is 25.5 Å². The third kappa shape index (κ3) is 5.18. The summed E-state index contributed by atoms with van der Waals surface area (Å²) in [6.07, 6.45) is 5.29. The maximum atomic E-state index is 12.3. The Morgan fingerprint density at radius 2 is 2.11 bits per heavy atom. The first-order valence-corrected chi connectivity index (χ1v) is 9.28. The summed E-state index contributed by atoms with van der Waals surface area (Å²) < 4.78 is 7.69. The summed E-state index contributed by atoms with van der Waals surface area (Å²) >= 11 is 1.35. The van der Waals surface area contributed by atoms with Crippen molar-refractivity contribution >= 4 is 28.8 Å². The van der Waals surface area contributed by atoms with Gasteiger partial charge in [-0.05, 0) is 23.6 Å². The number of benzene rings is 1. The number of carbonyl (C=O) groups excluding carboxylic acids is 2. The molecule has 2 amide bonds. The van der Waals surface area contributed by atoms with Crippen LogP contribution < -0.4 is 10.1 Å². The van der Waals surface area contributed by atoms with Crippen molar-refractivity contribution in [2.45, 2.75) is 6.54 Å². The van der Waals surface area contributed by atoms with Crippen molar-refractivity contribution in [1.82, 2.24) is 14.5 Å². The Balaban J connectivity index is 1.55. The maximum absolute atomic E-state index is 12.3. The number of hydrogen-bond donors (Lipinski definition) is 1. The Bertz CT molecular complexity index is 878. The van der Waals surface area contributed by atoms with E-state index >= 15 is 0 Å². The molecule has 0 saturated heterocycles. The van der Waals surface area contributed by atoms with Crippen molar-refractivity contribution in [3.8, 4) is 5.75 Å². The number of likely N-dealkylation sites (N-methyl/N-ethyl adjacent to an activating group) is 1. The highest BCUT2D eigenvalue weighted by atomic mass is 32.1. The maximum Gasteiger partial charge on any atom is 0.264 e. The van der Waals surface area contributed by atoms with E-state index in [2.05, 4.69) is 10.3 Å². The van der Waals surface area contributed by atoms with E-state index in [9.17, 15) is 9.59 Å². The molecule has 0 aliphatic heterocycles. The van der Waals surface area contributed by atoms with Crippen molar-refractivity contribution in [1.29, 1.82) is 0 Å². The first-order chi connectivity index (χ1) is 13.1. The lowest BCUT2D eigenvalue weighted by molar-refractivity contribution is -0.116. The number of hydrogen-bond acceptors (Lipinski definition) is 5. The number of amides is 2. The number of nitrogens with one attached hydrogen (secondary N) is 1. The summed E-state index contributed by atoms with van der Waals surface area (Å²) in [6, 6.07) is 10.8. The van der Waals surface area contributed by atoms with E-state index in [1.807, 2.05) is 34.3 Å². The highest BCUT2D eigenvalue weighted by Gasteiger charge is 2.16. The predicted molar refractivity (Wildman–Crippen MR) is 104 cm³/mol. The number of imidazole rings is 1. The SMILES string of the molecule is CN(CC(=O)Nc1ccccc1OCCn1ccnc1)C(=O)c1cccs1. The number of para-hydroxylation sites is 2. The van der Waals surface area contributed by atoms with E-state index in [0.29, 0.717) is 29.5 Å². The molecule has 2 heterocycles. The van der Waals surface area contributed by atoms with Crippen LogP contribution in [0.2, 0.25) is 0 Å². The molecular weight excluding hydrogens is 364 g/mol. The van der Waals surface area contributed by atoms with E-state index in [0.717, 1.165) is 0 Å². The summed E-state index contributed by atoms with van der Waals surface area (Å²) in [5, 5.41) is 4.64. The average molecular weight is 384 g/mol. The average Bonchev–Trinajstić information content (AvgIpc) is 3.36. The van der Waals surface area contributed by atoms with Gasteiger partial charge in [-0.25, -0.2) is 4.98 Å². The van der Waals surface area contributed by atoms with Gasteiger partial charge in [0.05, 0.1) is 30.0 Å². The van der Waals surface area contributed by atoms with Gasteiger partial charge in [0.25, 0.3) is 5.91 Å². The lowest BCUT2D eigenvalue weighted by atomic mass is 10.3. The van der Waals surface area contributed by atoms with Crippen molar-refractivity contribution in [3.05, 3.63) is 65.4 Å². The number of aromatic nitrogens is 2. The number of carbonyl (C=O) groups is 2. The quantitative estimate of drug-likeness (QED) is 0.648. The summed E-state index contributed by atoms with van der Waals surface area (Å²) in [5.41, 5.74) is 0.574. The third-order valence-electron chi connectivity index (χ3n) is 3.79. The van der Waals surface area contributed by atoms with Crippen LogP contribution in [0, 0.1) is 0 Å². The van der Waals surface area contributed by atoms with Crippen LogP contribution in [0.3, 0.4) is 0 Å². The van der Waals surface area contributed by atoms with Crippen LogP contribution in [0.5, 0.6) is 5.75 Å². The second kappa shape index (κ2) is 9.00. The van der Waals surface area contributed by atoms with Gasteiger partial charge in [-0.3, -0.25) is 9.59 Å². The molecule has 1 aromatic carbocycles. The minimum atomic E-state index is -0.284. The molecule has 0 radical (unpaired) electrons. The van der Waals surface area contributed by atoms with E-state index in [4.69, 9.17) is 4.74 Å². The number of thiophene rings is 1. The van der Waals surface area contributed by atoms with Crippen LogP contribution in [0.15, 0.2) is 60.5 Å². The molecule has 2 aromatic heterocycles. The Morgan fingerprint density at radius 3 is 2.85 bits per heavy atom. The number of nitrogens with zero attached hydrogens (tertiary/aromatic N) is 3. The van der Waals surface area contributed by atoms with Gasteiger partial charge in [0, 0.05) is 19.4 Å². The van der Waals surface area contributed by atoms with Crippen LogP contribution in [-0.4, -0.2) is 46.5 Å². The molecule has 0 aliphatic rings. The molecule has 140 valence electrons. The van der Waals surface area contributed by atoms with E-state index in [1.165, 1.54) is 16.2 Å². The van der Waals surface area contributed by atoms with Gasteiger partial charge in [0.15, 0.2) is 0 Å². The molecule has 3 aromatic rings. The van der Waals surface area contributed by atoms with Crippen LogP contribution in [-0.2, 0) is 11.3 Å². The fourth-order valence-corrected chi connectivity index (χ4v) is 3.16. The Kier molecular flexibility index (Phi) is 6.22. The highest BCUT2D eigenvalue weighted by Crippen LogP contribution is 2.23. The van der Waals surface area contributed by atoms with Crippen molar-refractivity contribution in [2.24, 2.45) is 0 Å². The van der Waals surface area contributed by atoms with Gasteiger partial charge in [-0.15, -0.1) is 11.3 Å². The number of ether oxygens (including phenoxy) is 1. The van der Waals surface area contributed by atoms with Gasteiger partial charge in [0.1, 0.15) is 12.4 Å². The zero-order valence-corrected chi connectivity index (χ0v) is 15.7. The van der Waals surface area contributed by atoms with Crippen molar-refractivity contribution in [3.63, 3.8) is 0 Å². The van der Waals surface area contributed by atoms with Gasteiger partial charge in [-0.1, -0.05) is 18.2 Å². The minimum absolute atomic E-state index is 0.0416. The molecule has 27 heavy (non-hydrogen) atoms. The Labute approximate surface area is 161 Å². The van der Waals surface area contributed by atoms with Crippen LogP contribution in [0.4, 0.5) is 5.69 Å². The summed E-state index contributed by atoms with van der Waals surface area (Å²) in [6.45, 7) is 1.06. The zero-order valence-electron chi connectivity index (χ0n) is 14.9. The van der Waals surface area contributed by atoms with Gasteiger partial charge < -0.3 is 19.5 Å². The zero-order chi connectivity index (χ0) is 19.1. The molecule has 0 spiro atoms. The van der Waals surface area contributed by atoms with E-state index < -0.39 is 0 Å². The molecule has 0 aliphatic carbocycles. The second-order valence-electron chi connectivity index (χ2n) is 5.83. The molecule has 0 atom stereocenters. The minimum Gasteiger partial charge on any atom is -0.490 e. The van der Waals surface area contributed by atoms with Gasteiger partial charge in [0.2, 0.25) is 5.91 Å². The molecule has 1 N–H and O–H groups in total. The van der Waals surface area contributed by atoms with E-state index in [1.54, 1.807) is 37.8 Å². The lowest BCUT2D eigenvalue weighted by Crippen LogP contribution is -2.34. The highest BCUT2D eigenvalue weighted by molar-refractivity contribution is 7.12. The molecule has 0 unspecified atom stereocenters. The molecule has 7 nitrogen and oxygen atoms in total. The van der Waals surface area contributed by atoms with Crippen molar-refractivity contribution < 1.29 is 14.3 Å². The molecule has 0 bridgehead atoms. The predicted octanol–water partition coefficient (Wildman–Crippen LogP) is 2.73. The molecule has 8 heteroatoms. The summed E-state index contributed by atoms with van der Waals surface area (Å²) in [7, 11) is 1.61. The smallest absolute Gasteiger partial charge is 0.264 e. The Morgan fingerprint density at radius 1 is 1.26 bits per heavy atom. The number of rotatable bonds is 8. The first-order valence-electron chi connectivity index (χ1n) is 8.40. The monoisotopic (exact) mass is 384 g/mol. The summed E-state index contributed by atoms with van der Waals surface area (Å²) in [4.78, 5) is 30.6. The van der Waals surface area contributed by atoms with Gasteiger partial charge >= 0.3 is 0 Å². The fraction of sp³-hybridized carbons (Fsp3) is 0.211. The lowest BCUT2D eigenvalue weighted by Gasteiger charge is -2.17. The largest absolute Gasteiger partial charge is 0.490 e. The topological polar surface area (TPSA) is 76.5 Å². The molecule has 0 fully saturated rings. The summed E-state index contributed by atoms with van der Waals surface area (Å²) in [5.74, 6) is 0.122. The third-order valence-corrected chi connectivity index (χ3v) is 4.64. The fourth-order valence-electron chi connectivity index (χ4n) is 2.44. The normalized spacial score (nSPS) is 10.4. The molecule has 0 saturated carbocycles. The Hall–Kier alpha value is -3.13. The van der Waals surface area contributed by atoms with E-state index in [-0.39, 0.29) is 18.4 Å². The van der Waals surface area contributed by atoms with Crippen LogP contribution in [0.25, 0.3) is 0 Å². The second-order valence-corrected chi connectivity index (χ2v) is 6.78. The standard InChI is InChI=1S/C19H20N4O3S/c1-22(19(25)17-7-4-12-27-17)13-18(24)21-15-5-2-3-6-16(15)26-11-10-23-9-8-20-14-23/h2-9,12,14H,10-11,13H2,1H3,(H,21,24). The molecular formula is C19H20N4O3S.